The number of halogens is 2. The Bertz CT molecular complexity index is 1060. The average Bonchev–Trinajstić information content (AvgIpc) is 2.74. The van der Waals surface area contributed by atoms with E-state index in [1.54, 1.807) is 11.0 Å². The molecule has 0 radical (unpaired) electrons. The summed E-state index contributed by atoms with van der Waals surface area (Å²) < 4.78 is 31.7. The number of hydrogen-bond acceptors (Lipinski definition) is 5. The van der Waals surface area contributed by atoms with Crippen LogP contribution in [-0.4, -0.2) is 38.4 Å². The van der Waals surface area contributed by atoms with E-state index < -0.39 is 10.1 Å². The summed E-state index contributed by atoms with van der Waals surface area (Å²) in [5.41, 5.74) is 1.43. The first kappa shape index (κ1) is 26.3. The lowest BCUT2D eigenvalue weighted by Gasteiger charge is -2.29. The molecule has 0 aliphatic carbocycles. The second-order valence-corrected chi connectivity index (χ2v) is 9.84. The minimum Gasteiger partial charge on any atom is -0.379 e. The largest absolute Gasteiger partial charge is 0.379 e. The van der Waals surface area contributed by atoms with Gasteiger partial charge in [-0.15, -0.1) is 0 Å². The van der Waals surface area contributed by atoms with Gasteiger partial charge in [0.25, 0.3) is 0 Å². The lowest BCUT2D eigenvalue weighted by Crippen LogP contribution is -2.36. The first-order valence-corrected chi connectivity index (χ1v) is 12.7. The number of anilines is 1. The van der Waals surface area contributed by atoms with Crippen LogP contribution >= 0.6 is 23.2 Å². The normalized spacial score (nSPS) is 12.3. The summed E-state index contributed by atoms with van der Waals surface area (Å²) in [7, 11) is -4.18. The van der Waals surface area contributed by atoms with Gasteiger partial charge in [-0.05, 0) is 51.5 Å². The van der Waals surface area contributed by atoms with Crippen LogP contribution in [0.25, 0.3) is 0 Å². The van der Waals surface area contributed by atoms with Crippen LogP contribution < -0.4 is 9.08 Å². The number of amides is 1. The molecule has 0 aliphatic rings. The van der Waals surface area contributed by atoms with Crippen LogP contribution in [-0.2, 0) is 21.5 Å². The van der Waals surface area contributed by atoms with Gasteiger partial charge in [0.05, 0.1) is 10.0 Å². The Hall–Kier alpha value is -1.96. The topological polar surface area (TPSA) is 66.9 Å². The maximum Gasteiger partial charge on any atom is 0.339 e. The lowest BCUT2D eigenvalue weighted by atomic mass is 10.1. The first-order chi connectivity index (χ1) is 15.0. The number of rotatable bonds is 10. The highest BCUT2D eigenvalue weighted by Gasteiger charge is 2.23. The second-order valence-electron chi connectivity index (χ2n) is 7.48. The van der Waals surface area contributed by atoms with Gasteiger partial charge in [-0.25, -0.2) is 0 Å². The maximum atomic E-state index is 13.0. The fourth-order valence-corrected chi connectivity index (χ4v) is 4.66. The van der Waals surface area contributed by atoms with Crippen molar-refractivity contribution in [2.45, 2.75) is 58.5 Å². The van der Waals surface area contributed by atoms with Gasteiger partial charge in [0, 0.05) is 49.9 Å². The summed E-state index contributed by atoms with van der Waals surface area (Å²) in [4.78, 5) is 15.9. The molecular weight excluding hydrogens is 471 g/mol. The van der Waals surface area contributed by atoms with E-state index in [1.165, 1.54) is 25.1 Å². The Labute approximate surface area is 201 Å². The molecule has 2 rings (SSSR count). The fraction of sp³-hybridized carbons (Fsp3) is 0.435. The molecule has 1 atom stereocenters. The molecule has 176 valence electrons. The van der Waals surface area contributed by atoms with Gasteiger partial charge in [0.15, 0.2) is 0 Å². The standard InChI is InChI=1S/C23H30Cl2N2O4S/c1-6-16(4)27(17(5)28)15-18-9-10-19(26(7-2)8-3)13-23(18)31-32(29,30)20-11-12-21(24)22(25)14-20/h9-14,16H,6-8,15H2,1-5H3/t16-/m0/s1. The van der Waals surface area contributed by atoms with Crippen LogP contribution in [0.2, 0.25) is 10.0 Å². The predicted octanol–water partition coefficient (Wildman–Crippen LogP) is 5.75. The van der Waals surface area contributed by atoms with E-state index in [-0.39, 0.29) is 39.2 Å². The SMILES string of the molecule is CC[C@H](C)N(Cc1ccc(N(CC)CC)cc1OS(=O)(=O)c1ccc(Cl)c(Cl)c1)C(C)=O. The summed E-state index contributed by atoms with van der Waals surface area (Å²) in [6.07, 6.45) is 0.773. The molecule has 0 unspecified atom stereocenters. The van der Waals surface area contributed by atoms with E-state index in [2.05, 4.69) is 4.90 Å². The molecule has 0 fully saturated rings. The molecular formula is C23H30Cl2N2O4S. The summed E-state index contributed by atoms with van der Waals surface area (Å²) in [6.45, 7) is 11.2. The van der Waals surface area contributed by atoms with E-state index in [9.17, 15) is 13.2 Å². The number of benzene rings is 2. The third-order valence-corrected chi connectivity index (χ3v) is 7.40. The number of hydrogen-bond donors (Lipinski definition) is 0. The van der Waals surface area contributed by atoms with Gasteiger partial charge in [0.1, 0.15) is 10.6 Å². The highest BCUT2D eigenvalue weighted by Crippen LogP contribution is 2.32. The van der Waals surface area contributed by atoms with Crippen molar-refractivity contribution in [3.05, 3.63) is 52.0 Å². The minimum atomic E-state index is -4.18. The highest BCUT2D eigenvalue weighted by molar-refractivity contribution is 7.87. The Balaban J connectivity index is 2.53. The molecule has 1 amide bonds. The number of nitrogens with zero attached hydrogens (tertiary/aromatic N) is 2. The van der Waals surface area contributed by atoms with Crippen molar-refractivity contribution in [1.82, 2.24) is 4.90 Å². The first-order valence-electron chi connectivity index (χ1n) is 10.6. The van der Waals surface area contributed by atoms with Crippen molar-refractivity contribution in [3.63, 3.8) is 0 Å². The summed E-state index contributed by atoms with van der Waals surface area (Å²) >= 11 is 11.9. The van der Waals surface area contributed by atoms with Crippen LogP contribution in [0.4, 0.5) is 5.69 Å². The van der Waals surface area contributed by atoms with E-state index in [0.717, 1.165) is 25.2 Å². The molecule has 0 spiro atoms. The third-order valence-electron chi connectivity index (χ3n) is 5.43. The predicted molar refractivity (Wildman–Crippen MR) is 130 cm³/mol. The zero-order valence-electron chi connectivity index (χ0n) is 19.1. The quantitative estimate of drug-likeness (QED) is 0.388. The molecule has 0 heterocycles. The second kappa shape index (κ2) is 11.3. The van der Waals surface area contributed by atoms with Crippen LogP contribution in [0.15, 0.2) is 41.3 Å². The van der Waals surface area contributed by atoms with E-state index in [4.69, 9.17) is 27.4 Å². The van der Waals surface area contributed by atoms with E-state index >= 15 is 0 Å². The molecule has 0 bridgehead atoms. The number of carbonyl (C=O) groups excluding carboxylic acids is 1. The van der Waals surface area contributed by atoms with E-state index in [0.29, 0.717) is 5.56 Å². The van der Waals surface area contributed by atoms with Gasteiger partial charge >= 0.3 is 10.1 Å². The van der Waals surface area contributed by atoms with Crippen LogP contribution in [0.3, 0.4) is 0 Å². The van der Waals surface area contributed by atoms with Gasteiger partial charge in [-0.1, -0.05) is 36.2 Å². The lowest BCUT2D eigenvalue weighted by molar-refractivity contribution is -0.131. The smallest absolute Gasteiger partial charge is 0.339 e. The Morgan fingerprint density at radius 1 is 1.03 bits per heavy atom. The summed E-state index contributed by atoms with van der Waals surface area (Å²) in [5, 5.41) is 0.369. The monoisotopic (exact) mass is 500 g/mol. The van der Waals surface area contributed by atoms with Gasteiger partial charge in [-0.2, -0.15) is 8.42 Å². The average molecular weight is 501 g/mol. The summed E-state index contributed by atoms with van der Waals surface area (Å²) in [5.74, 6) is 0.0838. The Morgan fingerprint density at radius 3 is 2.22 bits per heavy atom. The molecule has 2 aromatic rings. The highest BCUT2D eigenvalue weighted by atomic mass is 35.5. The van der Waals surface area contributed by atoms with E-state index in [1.807, 2.05) is 39.8 Å². The molecule has 0 N–H and O–H groups in total. The summed E-state index contributed by atoms with van der Waals surface area (Å²) in [6, 6.07) is 9.43. The van der Waals surface area contributed by atoms with Crippen molar-refractivity contribution in [3.8, 4) is 5.75 Å². The fourth-order valence-electron chi connectivity index (χ4n) is 3.32. The molecule has 0 saturated carbocycles. The van der Waals surface area contributed by atoms with Crippen molar-refractivity contribution >= 4 is 44.9 Å². The van der Waals surface area contributed by atoms with Crippen molar-refractivity contribution < 1.29 is 17.4 Å². The van der Waals surface area contributed by atoms with Crippen molar-refractivity contribution in [2.75, 3.05) is 18.0 Å². The van der Waals surface area contributed by atoms with Gasteiger partial charge < -0.3 is 14.0 Å². The van der Waals surface area contributed by atoms with Gasteiger partial charge in [0.2, 0.25) is 5.91 Å². The zero-order valence-corrected chi connectivity index (χ0v) is 21.4. The van der Waals surface area contributed by atoms with Crippen molar-refractivity contribution in [1.29, 1.82) is 0 Å². The zero-order chi connectivity index (χ0) is 24.1. The Kier molecular flexibility index (Phi) is 9.25. The molecule has 9 heteroatoms. The maximum absolute atomic E-state index is 13.0. The van der Waals surface area contributed by atoms with Crippen LogP contribution in [0.5, 0.6) is 5.75 Å². The molecule has 6 nitrogen and oxygen atoms in total. The molecule has 0 aliphatic heterocycles. The van der Waals surface area contributed by atoms with Crippen LogP contribution in [0, 0.1) is 0 Å². The van der Waals surface area contributed by atoms with Crippen molar-refractivity contribution in [2.24, 2.45) is 0 Å². The Morgan fingerprint density at radius 2 is 1.69 bits per heavy atom. The molecule has 2 aromatic carbocycles. The molecule has 0 saturated heterocycles. The third kappa shape index (κ3) is 6.30. The minimum absolute atomic E-state index is 0.00510. The molecule has 32 heavy (non-hydrogen) atoms. The number of carbonyl (C=O) groups is 1. The van der Waals surface area contributed by atoms with Gasteiger partial charge in [-0.3, -0.25) is 4.79 Å². The van der Waals surface area contributed by atoms with Crippen LogP contribution in [0.1, 0.15) is 46.6 Å². The molecule has 0 aromatic heterocycles.